The number of hydrogen-bond acceptors (Lipinski definition) is 4. The smallest absolute Gasteiger partial charge is 0.272 e. The third-order valence-electron chi connectivity index (χ3n) is 3.36. The number of anilines is 1. The van der Waals surface area contributed by atoms with E-state index in [1.54, 1.807) is 24.2 Å². The highest BCUT2D eigenvalue weighted by Gasteiger charge is 2.13. The fourth-order valence-electron chi connectivity index (χ4n) is 2.03. The van der Waals surface area contributed by atoms with Crippen molar-refractivity contribution < 1.29 is 4.79 Å². The Labute approximate surface area is 131 Å². The predicted molar refractivity (Wildman–Crippen MR) is 87.7 cm³/mol. The van der Waals surface area contributed by atoms with Gasteiger partial charge in [-0.2, -0.15) is 0 Å². The first kappa shape index (κ1) is 15.9. The zero-order chi connectivity index (χ0) is 15.8. The van der Waals surface area contributed by atoms with Gasteiger partial charge >= 0.3 is 0 Å². The molecule has 0 atom stereocenters. The van der Waals surface area contributed by atoms with Gasteiger partial charge in [0.15, 0.2) is 0 Å². The summed E-state index contributed by atoms with van der Waals surface area (Å²) in [6, 6.07) is 11.7. The van der Waals surface area contributed by atoms with Gasteiger partial charge in [0.05, 0.1) is 0 Å². The van der Waals surface area contributed by atoms with E-state index in [1.165, 1.54) is 0 Å². The van der Waals surface area contributed by atoms with E-state index < -0.39 is 0 Å². The Bertz CT molecular complexity index is 601. The number of carbonyl (C=O) groups is 1. The van der Waals surface area contributed by atoms with Crippen LogP contribution in [0.15, 0.2) is 42.6 Å². The van der Waals surface area contributed by atoms with E-state index in [9.17, 15) is 4.79 Å². The number of unbranched alkanes of at least 4 members (excludes halogenated alkanes) is 1. The highest BCUT2D eigenvalue weighted by Crippen LogP contribution is 2.07. The zero-order valence-corrected chi connectivity index (χ0v) is 13.1. The van der Waals surface area contributed by atoms with E-state index in [-0.39, 0.29) is 5.91 Å². The molecule has 0 saturated heterocycles. The molecule has 116 valence electrons. The van der Waals surface area contributed by atoms with Crippen LogP contribution >= 0.6 is 0 Å². The third kappa shape index (κ3) is 4.55. The highest BCUT2D eigenvalue weighted by atomic mass is 16.2. The molecule has 0 fully saturated rings. The Morgan fingerprint density at radius 2 is 2.00 bits per heavy atom. The van der Waals surface area contributed by atoms with E-state index in [4.69, 9.17) is 0 Å². The second kappa shape index (κ2) is 8.12. The maximum absolute atomic E-state index is 12.3. The molecule has 5 heteroatoms. The fourth-order valence-corrected chi connectivity index (χ4v) is 2.03. The van der Waals surface area contributed by atoms with Gasteiger partial charge in [-0.1, -0.05) is 43.7 Å². The summed E-state index contributed by atoms with van der Waals surface area (Å²) in [5, 5.41) is 3.15. The number of benzene rings is 1. The minimum Gasteiger partial charge on any atom is -0.350 e. The predicted octanol–water partition coefficient (Wildman–Crippen LogP) is 2.96. The Morgan fingerprint density at radius 3 is 2.73 bits per heavy atom. The van der Waals surface area contributed by atoms with Crippen molar-refractivity contribution in [2.45, 2.75) is 26.3 Å². The lowest BCUT2D eigenvalue weighted by molar-refractivity contribution is 0.0787. The molecule has 0 aliphatic heterocycles. The van der Waals surface area contributed by atoms with Crippen molar-refractivity contribution in [3.63, 3.8) is 0 Å². The molecule has 1 aromatic heterocycles. The average Bonchev–Trinajstić information content (AvgIpc) is 2.58. The van der Waals surface area contributed by atoms with Crippen molar-refractivity contribution >= 4 is 11.9 Å². The summed E-state index contributed by atoms with van der Waals surface area (Å²) in [5.41, 5.74) is 1.56. The largest absolute Gasteiger partial charge is 0.350 e. The number of amides is 1. The third-order valence-corrected chi connectivity index (χ3v) is 3.36. The van der Waals surface area contributed by atoms with Crippen LogP contribution in [0, 0.1) is 0 Å². The zero-order valence-electron chi connectivity index (χ0n) is 13.1. The standard InChI is InChI=1S/C17H22N4O/c1-3-4-12-21(2)16(22)15-10-11-18-17(20-15)19-13-14-8-6-5-7-9-14/h5-11H,3-4,12-13H2,1-2H3,(H,18,19,20). The summed E-state index contributed by atoms with van der Waals surface area (Å²) in [6.07, 6.45) is 3.67. The molecule has 0 aliphatic carbocycles. The molecule has 2 aromatic rings. The Kier molecular flexibility index (Phi) is 5.89. The van der Waals surface area contributed by atoms with Gasteiger partial charge in [0, 0.05) is 26.3 Å². The molecule has 1 N–H and O–H groups in total. The quantitative estimate of drug-likeness (QED) is 0.854. The van der Waals surface area contributed by atoms with Crippen LogP contribution in [0.25, 0.3) is 0 Å². The highest BCUT2D eigenvalue weighted by molar-refractivity contribution is 5.92. The molecule has 0 bridgehead atoms. The normalized spacial score (nSPS) is 10.3. The van der Waals surface area contributed by atoms with Gasteiger partial charge in [-0.3, -0.25) is 4.79 Å². The first-order chi connectivity index (χ1) is 10.7. The van der Waals surface area contributed by atoms with Crippen LogP contribution in [-0.2, 0) is 6.54 Å². The summed E-state index contributed by atoms with van der Waals surface area (Å²) in [6.45, 7) is 3.48. The van der Waals surface area contributed by atoms with Crippen LogP contribution in [0.5, 0.6) is 0 Å². The van der Waals surface area contributed by atoms with Crippen LogP contribution in [0.3, 0.4) is 0 Å². The van der Waals surface area contributed by atoms with Gasteiger partial charge in [0.1, 0.15) is 5.69 Å². The van der Waals surface area contributed by atoms with Crippen LogP contribution in [-0.4, -0.2) is 34.4 Å². The number of hydrogen-bond donors (Lipinski definition) is 1. The molecule has 0 radical (unpaired) electrons. The van der Waals surface area contributed by atoms with Gasteiger partial charge in [-0.25, -0.2) is 9.97 Å². The molecule has 5 nitrogen and oxygen atoms in total. The van der Waals surface area contributed by atoms with Crippen LogP contribution < -0.4 is 5.32 Å². The Balaban J connectivity index is 1.98. The van der Waals surface area contributed by atoms with Crippen molar-refractivity contribution in [2.75, 3.05) is 18.9 Å². The number of carbonyl (C=O) groups excluding carboxylic acids is 1. The number of nitrogens with one attached hydrogen (secondary N) is 1. The second-order valence-corrected chi connectivity index (χ2v) is 5.18. The lowest BCUT2D eigenvalue weighted by atomic mass is 10.2. The summed E-state index contributed by atoms with van der Waals surface area (Å²) in [5.74, 6) is 0.400. The molecule has 1 amide bonds. The molecule has 2 rings (SSSR count). The molecule has 0 unspecified atom stereocenters. The van der Waals surface area contributed by atoms with E-state index in [1.807, 2.05) is 30.3 Å². The van der Waals surface area contributed by atoms with Crippen molar-refractivity contribution in [2.24, 2.45) is 0 Å². The summed E-state index contributed by atoms with van der Waals surface area (Å²) in [7, 11) is 1.80. The summed E-state index contributed by atoms with van der Waals surface area (Å²) < 4.78 is 0. The van der Waals surface area contributed by atoms with Gasteiger partial charge in [-0.15, -0.1) is 0 Å². The summed E-state index contributed by atoms with van der Waals surface area (Å²) >= 11 is 0. The maximum Gasteiger partial charge on any atom is 0.272 e. The van der Waals surface area contributed by atoms with Gasteiger partial charge in [-0.05, 0) is 18.1 Å². The fraction of sp³-hybridized carbons (Fsp3) is 0.353. The van der Waals surface area contributed by atoms with Crippen molar-refractivity contribution in [1.29, 1.82) is 0 Å². The van der Waals surface area contributed by atoms with Crippen LogP contribution in [0.4, 0.5) is 5.95 Å². The van der Waals surface area contributed by atoms with Crippen LogP contribution in [0.1, 0.15) is 35.8 Å². The van der Waals surface area contributed by atoms with E-state index >= 15 is 0 Å². The van der Waals surface area contributed by atoms with Crippen molar-refractivity contribution in [3.8, 4) is 0 Å². The monoisotopic (exact) mass is 298 g/mol. The van der Waals surface area contributed by atoms with Gasteiger partial charge in [0.2, 0.25) is 5.95 Å². The molecular weight excluding hydrogens is 276 g/mol. The molecule has 0 aliphatic rings. The van der Waals surface area contributed by atoms with Crippen molar-refractivity contribution in [3.05, 3.63) is 53.9 Å². The average molecular weight is 298 g/mol. The maximum atomic E-state index is 12.3. The second-order valence-electron chi connectivity index (χ2n) is 5.18. The minimum atomic E-state index is -0.0707. The van der Waals surface area contributed by atoms with E-state index in [0.717, 1.165) is 24.9 Å². The van der Waals surface area contributed by atoms with Gasteiger partial charge in [0.25, 0.3) is 5.91 Å². The minimum absolute atomic E-state index is 0.0707. The molecule has 1 aromatic carbocycles. The van der Waals surface area contributed by atoms with Crippen LogP contribution in [0.2, 0.25) is 0 Å². The molecule has 0 spiro atoms. The summed E-state index contributed by atoms with van der Waals surface area (Å²) in [4.78, 5) is 22.5. The topological polar surface area (TPSA) is 58.1 Å². The molecule has 0 saturated carbocycles. The number of nitrogens with zero attached hydrogens (tertiary/aromatic N) is 3. The number of aromatic nitrogens is 2. The Morgan fingerprint density at radius 1 is 1.23 bits per heavy atom. The molecular formula is C17H22N4O. The van der Waals surface area contributed by atoms with E-state index in [0.29, 0.717) is 18.2 Å². The first-order valence-electron chi connectivity index (χ1n) is 7.57. The van der Waals surface area contributed by atoms with E-state index in [2.05, 4.69) is 22.2 Å². The first-order valence-corrected chi connectivity index (χ1v) is 7.57. The SMILES string of the molecule is CCCCN(C)C(=O)c1ccnc(NCc2ccccc2)n1. The lowest BCUT2D eigenvalue weighted by Crippen LogP contribution is -2.28. The Hall–Kier alpha value is -2.43. The van der Waals surface area contributed by atoms with Gasteiger partial charge < -0.3 is 10.2 Å². The van der Waals surface area contributed by atoms with Crippen molar-refractivity contribution in [1.82, 2.24) is 14.9 Å². The molecule has 1 heterocycles. The number of rotatable bonds is 7. The molecule has 22 heavy (non-hydrogen) atoms. The lowest BCUT2D eigenvalue weighted by Gasteiger charge is -2.16.